The summed E-state index contributed by atoms with van der Waals surface area (Å²) in [5.74, 6) is -1.25. The van der Waals surface area contributed by atoms with E-state index in [-0.39, 0.29) is 33.6 Å². The zero-order valence-electron chi connectivity index (χ0n) is 18.0. The number of aromatic nitrogens is 3. The van der Waals surface area contributed by atoms with E-state index in [9.17, 15) is 27.5 Å². The van der Waals surface area contributed by atoms with Gasteiger partial charge in [-0.15, -0.1) is 0 Å². The SMILES string of the molecule is Cc1nc(N)c2c(-c3ccc(NC(=O)[C@@H](O)c4cccc(F)c4)cc3C(F)(F)F)cn(C)c2n1. The molecule has 4 N–H and O–H groups in total. The van der Waals surface area contributed by atoms with Gasteiger partial charge in [0.05, 0.1) is 10.9 Å². The molecule has 11 heteroatoms. The molecule has 34 heavy (non-hydrogen) atoms. The van der Waals surface area contributed by atoms with Crippen molar-refractivity contribution in [2.45, 2.75) is 19.2 Å². The third kappa shape index (κ3) is 4.29. The van der Waals surface area contributed by atoms with E-state index in [0.29, 0.717) is 11.5 Å². The number of alkyl halides is 3. The number of halogens is 4. The predicted octanol–water partition coefficient (Wildman–Crippen LogP) is 4.36. The highest BCUT2D eigenvalue weighted by Crippen LogP contribution is 2.42. The van der Waals surface area contributed by atoms with Crippen molar-refractivity contribution in [1.82, 2.24) is 14.5 Å². The lowest BCUT2D eigenvalue weighted by Crippen LogP contribution is -2.21. The summed E-state index contributed by atoms with van der Waals surface area (Å²) in [5.41, 5.74) is 5.12. The van der Waals surface area contributed by atoms with Gasteiger partial charge >= 0.3 is 6.18 Å². The van der Waals surface area contributed by atoms with E-state index >= 15 is 0 Å². The second kappa shape index (κ2) is 8.41. The molecule has 0 saturated heterocycles. The molecule has 4 aromatic rings. The first-order valence-electron chi connectivity index (χ1n) is 10.0. The fourth-order valence-electron chi connectivity index (χ4n) is 3.75. The number of aryl methyl sites for hydroxylation is 2. The highest BCUT2D eigenvalue weighted by atomic mass is 19.4. The Bertz CT molecular complexity index is 1410. The molecule has 0 aliphatic carbocycles. The van der Waals surface area contributed by atoms with Gasteiger partial charge < -0.3 is 20.7 Å². The van der Waals surface area contributed by atoms with Crippen LogP contribution in [0.3, 0.4) is 0 Å². The van der Waals surface area contributed by atoms with Crippen LogP contribution in [0.5, 0.6) is 0 Å². The molecule has 2 aromatic carbocycles. The number of nitrogen functional groups attached to an aromatic ring is 1. The summed E-state index contributed by atoms with van der Waals surface area (Å²) in [6.45, 7) is 1.62. The van der Waals surface area contributed by atoms with Crippen molar-refractivity contribution in [3.8, 4) is 11.1 Å². The molecule has 0 radical (unpaired) electrons. The highest BCUT2D eigenvalue weighted by Gasteiger charge is 2.35. The van der Waals surface area contributed by atoms with Gasteiger partial charge in [-0.05, 0) is 42.3 Å². The Labute approximate surface area is 190 Å². The van der Waals surface area contributed by atoms with Crippen molar-refractivity contribution in [2.24, 2.45) is 7.05 Å². The summed E-state index contributed by atoms with van der Waals surface area (Å²) in [6, 6.07) is 7.95. The van der Waals surface area contributed by atoms with Crippen LogP contribution in [-0.2, 0) is 18.0 Å². The van der Waals surface area contributed by atoms with E-state index in [0.717, 1.165) is 18.2 Å². The second-order valence-electron chi connectivity index (χ2n) is 7.71. The van der Waals surface area contributed by atoms with Crippen LogP contribution < -0.4 is 11.1 Å². The van der Waals surface area contributed by atoms with Gasteiger partial charge in [-0.25, -0.2) is 14.4 Å². The van der Waals surface area contributed by atoms with Gasteiger partial charge in [0.2, 0.25) is 0 Å². The molecule has 0 bridgehead atoms. The maximum absolute atomic E-state index is 14.0. The average Bonchev–Trinajstić information content (AvgIpc) is 3.09. The van der Waals surface area contributed by atoms with E-state index in [1.165, 1.54) is 30.5 Å². The van der Waals surface area contributed by atoms with Crippen molar-refractivity contribution in [2.75, 3.05) is 11.1 Å². The van der Waals surface area contributed by atoms with Gasteiger partial charge in [0, 0.05) is 24.5 Å². The van der Waals surface area contributed by atoms with Crippen molar-refractivity contribution in [1.29, 1.82) is 0 Å². The number of nitrogens with one attached hydrogen (secondary N) is 1. The van der Waals surface area contributed by atoms with Crippen molar-refractivity contribution >= 4 is 28.4 Å². The van der Waals surface area contributed by atoms with Crippen LogP contribution in [0.1, 0.15) is 23.1 Å². The molecule has 2 heterocycles. The number of amides is 1. The van der Waals surface area contributed by atoms with Gasteiger partial charge in [0.1, 0.15) is 23.1 Å². The summed E-state index contributed by atoms with van der Waals surface area (Å²) in [4.78, 5) is 20.7. The van der Waals surface area contributed by atoms with Gasteiger partial charge in [0.15, 0.2) is 6.10 Å². The van der Waals surface area contributed by atoms with E-state index in [1.54, 1.807) is 18.5 Å². The Hall–Kier alpha value is -3.99. The number of aliphatic hydroxyl groups is 1. The number of carbonyl (C=O) groups excluding carboxylic acids is 1. The first kappa shape index (κ1) is 23.2. The van der Waals surface area contributed by atoms with E-state index in [2.05, 4.69) is 15.3 Å². The Morgan fingerprint density at radius 1 is 1.15 bits per heavy atom. The molecular formula is C23H19F4N5O2. The fraction of sp³-hybridized carbons (Fsp3) is 0.174. The quantitative estimate of drug-likeness (QED) is 0.382. The summed E-state index contributed by atoms with van der Waals surface area (Å²) < 4.78 is 57.0. The van der Waals surface area contributed by atoms with Crippen LogP contribution in [0, 0.1) is 12.7 Å². The first-order valence-corrected chi connectivity index (χ1v) is 10.0. The number of hydrogen-bond donors (Lipinski definition) is 3. The molecule has 0 unspecified atom stereocenters. The van der Waals surface area contributed by atoms with Gasteiger partial charge in [-0.2, -0.15) is 13.2 Å². The maximum atomic E-state index is 14.0. The minimum Gasteiger partial charge on any atom is -0.383 e. The molecule has 176 valence electrons. The number of nitrogens with zero attached hydrogens (tertiary/aromatic N) is 3. The monoisotopic (exact) mass is 473 g/mol. The number of fused-ring (bicyclic) bond motifs is 1. The lowest BCUT2D eigenvalue weighted by Gasteiger charge is -2.16. The van der Waals surface area contributed by atoms with Crippen LogP contribution in [0.15, 0.2) is 48.7 Å². The van der Waals surface area contributed by atoms with E-state index in [1.807, 2.05) is 0 Å². The molecule has 0 saturated carbocycles. The molecule has 0 aliphatic heterocycles. The number of anilines is 2. The standard InChI is InChI=1S/C23H19F4N5O2/c1-11-29-20(28)18-16(10-32(2)21(18)30-11)15-7-6-14(9-17(15)23(25,26)27)31-22(34)19(33)12-4-3-5-13(24)8-12/h3-10,19,33H,1-2H3,(H,31,34)(H2,28,29,30)/t19-/m0/s1. The van der Waals surface area contributed by atoms with Gasteiger partial charge in [0.25, 0.3) is 5.91 Å². The number of nitrogens with two attached hydrogens (primary N) is 1. The molecule has 4 rings (SSSR count). The number of carbonyl (C=O) groups is 1. The van der Waals surface area contributed by atoms with Gasteiger partial charge in [-0.1, -0.05) is 18.2 Å². The third-order valence-corrected chi connectivity index (χ3v) is 5.25. The normalized spacial score (nSPS) is 12.7. The number of rotatable bonds is 4. The van der Waals surface area contributed by atoms with Crippen molar-refractivity contribution in [3.05, 3.63) is 71.4 Å². The smallest absolute Gasteiger partial charge is 0.383 e. The average molecular weight is 473 g/mol. The fourth-order valence-corrected chi connectivity index (χ4v) is 3.75. The third-order valence-electron chi connectivity index (χ3n) is 5.25. The highest BCUT2D eigenvalue weighted by molar-refractivity contribution is 6.02. The topological polar surface area (TPSA) is 106 Å². The summed E-state index contributed by atoms with van der Waals surface area (Å²) in [7, 11) is 1.63. The summed E-state index contributed by atoms with van der Waals surface area (Å²) in [6.07, 6.45) is -5.08. The van der Waals surface area contributed by atoms with Crippen LogP contribution >= 0.6 is 0 Å². The Kier molecular flexibility index (Phi) is 5.74. The molecular weight excluding hydrogens is 454 g/mol. The van der Waals surface area contributed by atoms with Crippen molar-refractivity contribution in [3.63, 3.8) is 0 Å². The number of benzene rings is 2. The minimum atomic E-state index is -4.78. The number of hydrogen-bond acceptors (Lipinski definition) is 5. The van der Waals surface area contributed by atoms with E-state index < -0.39 is 29.6 Å². The Balaban J connectivity index is 1.75. The van der Waals surface area contributed by atoms with Gasteiger partial charge in [-0.3, -0.25) is 4.79 Å². The lowest BCUT2D eigenvalue weighted by molar-refractivity contribution is -0.137. The molecule has 1 atom stereocenters. The molecule has 1 amide bonds. The Morgan fingerprint density at radius 2 is 1.88 bits per heavy atom. The predicted molar refractivity (Wildman–Crippen MR) is 118 cm³/mol. The zero-order chi connectivity index (χ0) is 24.8. The van der Waals surface area contributed by atoms with Crippen LogP contribution in [0.25, 0.3) is 22.2 Å². The molecule has 0 aliphatic rings. The maximum Gasteiger partial charge on any atom is 0.417 e. The Morgan fingerprint density at radius 3 is 2.56 bits per heavy atom. The lowest BCUT2D eigenvalue weighted by atomic mass is 9.98. The number of aliphatic hydroxyl groups excluding tert-OH is 1. The second-order valence-corrected chi connectivity index (χ2v) is 7.71. The molecule has 0 spiro atoms. The van der Waals surface area contributed by atoms with Crippen LogP contribution in [0.4, 0.5) is 29.1 Å². The summed E-state index contributed by atoms with van der Waals surface area (Å²) in [5, 5.41) is 12.7. The van der Waals surface area contributed by atoms with Crippen molar-refractivity contribution < 1.29 is 27.5 Å². The van der Waals surface area contributed by atoms with Crippen LogP contribution in [0.2, 0.25) is 0 Å². The molecule has 7 nitrogen and oxygen atoms in total. The molecule has 0 fully saturated rings. The first-order chi connectivity index (χ1) is 16.0. The molecule has 2 aromatic heterocycles. The largest absolute Gasteiger partial charge is 0.417 e. The van der Waals surface area contributed by atoms with E-state index in [4.69, 9.17) is 5.73 Å². The minimum absolute atomic E-state index is 0.0355. The summed E-state index contributed by atoms with van der Waals surface area (Å²) >= 11 is 0. The van der Waals surface area contributed by atoms with Crippen LogP contribution in [-0.4, -0.2) is 25.5 Å². The zero-order valence-corrected chi connectivity index (χ0v) is 18.0.